The minimum absolute atomic E-state index is 0.0293. The summed E-state index contributed by atoms with van der Waals surface area (Å²) in [5.74, 6) is -0.106. The van der Waals surface area contributed by atoms with Gasteiger partial charge in [0.1, 0.15) is 5.82 Å². The molecule has 1 aromatic rings. The predicted molar refractivity (Wildman–Crippen MR) is 66.8 cm³/mol. The fourth-order valence-electron chi connectivity index (χ4n) is 1.45. The molecular formula is C11H10N6O. The van der Waals surface area contributed by atoms with Crippen molar-refractivity contribution in [3.63, 3.8) is 0 Å². The summed E-state index contributed by atoms with van der Waals surface area (Å²) in [6.07, 6.45) is 0. The van der Waals surface area contributed by atoms with Crippen molar-refractivity contribution in [2.45, 2.75) is 13.8 Å². The van der Waals surface area contributed by atoms with Crippen LogP contribution in [0.15, 0.2) is 28.4 Å². The summed E-state index contributed by atoms with van der Waals surface area (Å²) in [5, 5.41) is 9.91. The van der Waals surface area contributed by atoms with Gasteiger partial charge in [-0.3, -0.25) is 4.79 Å². The van der Waals surface area contributed by atoms with Crippen molar-refractivity contribution in [1.82, 2.24) is 4.98 Å². The molecule has 0 bridgehead atoms. The van der Waals surface area contributed by atoms with Crippen molar-refractivity contribution in [3.8, 4) is 0 Å². The fourth-order valence-corrected chi connectivity index (χ4v) is 1.45. The number of carbonyl (C=O) groups excluding carboxylic acids is 1. The van der Waals surface area contributed by atoms with Gasteiger partial charge < -0.3 is 10.8 Å². The van der Waals surface area contributed by atoms with E-state index in [0.717, 1.165) is 5.69 Å². The van der Waals surface area contributed by atoms with Crippen LogP contribution in [-0.2, 0) is 4.79 Å². The van der Waals surface area contributed by atoms with Crippen LogP contribution in [0.4, 0.5) is 5.82 Å². The van der Waals surface area contributed by atoms with Crippen LogP contribution in [0.5, 0.6) is 0 Å². The van der Waals surface area contributed by atoms with E-state index in [4.69, 9.17) is 5.53 Å². The Hall–Kier alpha value is -2.66. The van der Waals surface area contributed by atoms with E-state index in [9.17, 15) is 4.79 Å². The summed E-state index contributed by atoms with van der Waals surface area (Å²) in [6.45, 7) is 3.42. The average molecular weight is 242 g/mol. The number of pyridine rings is 1. The second-order valence-corrected chi connectivity index (χ2v) is 3.70. The maximum Gasteiger partial charge on any atom is 0.371 e. The molecule has 7 nitrogen and oxygen atoms in total. The second-order valence-electron chi connectivity index (χ2n) is 3.70. The highest BCUT2D eigenvalue weighted by Crippen LogP contribution is 2.06. The number of aromatic nitrogens is 1. The zero-order valence-electron chi connectivity index (χ0n) is 9.88. The molecule has 0 unspecified atom stereocenters. The highest BCUT2D eigenvalue weighted by Gasteiger charge is 2.32. The minimum Gasteiger partial charge on any atom is -0.361 e. The topological polar surface area (TPSA) is 103 Å². The lowest BCUT2D eigenvalue weighted by Gasteiger charge is -2.02. The third-order valence-electron chi connectivity index (χ3n) is 2.31. The molecule has 1 aliphatic heterocycles. The van der Waals surface area contributed by atoms with Crippen molar-refractivity contribution in [2.75, 3.05) is 5.32 Å². The van der Waals surface area contributed by atoms with Crippen molar-refractivity contribution < 1.29 is 9.58 Å². The molecule has 1 aliphatic rings. The van der Waals surface area contributed by atoms with E-state index < -0.39 is 5.91 Å². The van der Waals surface area contributed by atoms with E-state index >= 15 is 0 Å². The van der Waals surface area contributed by atoms with E-state index in [-0.39, 0.29) is 11.4 Å². The third kappa shape index (κ3) is 2.21. The van der Waals surface area contributed by atoms with Crippen LogP contribution < -0.4 is 5.32 Å². The molecule has 1 aromatic heterocycles. The van der Waals surface area contributed by atoms with Gasteiger partial charge in [-0.05, 0) is 26.0 Å². The third-order valence-corrected chi connectivity index (χ3v) is 2.31. The first-order valence-corrected chi connectivity index (χ1v) is 5.22. The highest BCUT2D eigenvalue weighted by molar-refractivity contribution is 6.82. The average Bonchev–Trinajstić information content (AvgIpc) is 2.70. The number of carbonyl (C=O) groups is 1. The Morgan fingerprint density at radius 2 is 2.11 bits per heavy atom. The van der Waals surface area contributed by atoms with Crippen LogP contribution in [0.25, 0.3) is 5.53 Å². The maximum atomic E-state index is 11.9. The predicted octanol–water partition coefficient (Wildman–Crippen LogP) is 0.830. The molecule has 0 aromatic carbocycles. The first-order chi connectivity index (χ1) is 8.61. The lowest BCUT2D eigenvalue weighted by Crippen LogP contribution is -2.32. The zero-order chi connectivity index (χ0) is 13.1. The summed E-state index contributed by atoms with van der Waals surface area (Å²) >= 11 is 0. The Kier molecular flexibility index (Phi) is 3.07. The van der Waals surface area contributed by atoms with Crippen LogP contribution in [0.3, 0.4) is 0 Å². The van der Waals surface area contributed by atoms with Gasteiger partial charge in [0.15, 0.2) is 5.71 Å². The van der Waals surface area contributed by atoms with Crippen LogP contribution in [0.1, 0.15) is 12.6 Å². The molecule has 2 rings (SSSR count). The lowest BCUT2D eigenvalue weighted by molar-refractivity contribution is -0.110. The first kappa shape index (κ1) is 11.8. The van der Waals surface area contributed by atoms with Crippen LogP contribution >= 0.6 is 0 Å². The standard InChI is InChI=1S/C11H10N6O/c1-6-4-3-5-8(13-6)14-11(18)10-9(15-12)7(2)16-17-10/h3-5H,1-2H3,(H,13,14,18). The van der Waals surface area contributed by atoms with Crippen LogP contribution in [0, 0.1) is 6.92 Å². The summed E-state index contributed by atoms with van der Waals surface area (Å²) in [4.78, 5) is 19.0. The number of aryl methyl sites for hydroxylation is 1. The highest BCUT2D eigenvalue weighted by atomic mass is 16.2. The monoisotopic (exact) mass is 242 g/mol. The molecule has 0 atom stereocenters. The molecule has 18 heavy (non-hydrogen) atoms. The Bertz CT molecular complexity index is 624. The minimum atomic E-state index is -0.512. The van der Waals surface area contributed by atoms with Gasteiger partial charge in [0, 0.05) is 5.69 Å². The number of nitrogens with one attached hydrogen (secondary N) is 1. The largest absolute Gasteiger partial charge is 0.371 e. The van der Waals surface area contributed by atoms with Gasteiger partial charge in [0.2, 0.25) is 5.71 Å². The number of anilines is 1. The molecular weight excluding hydrogens is 232 g/mol. The normalized spacial score (nSPS) is 13.8. The number of amides is 1. The zero-order valence-corrected chi connectivity index (χ0v) is 9.88. The van der Waals surface area contributed by atoms with Gasteiger partial charge >= 0.3 is 5.71 Å². The van der Waals surface area contributed by atoms with Crippen LogP contribution in [-0.4, -0.2) is 32.8 Å². The summed E-state index contributed by atoms with van der Waals surface area (Å²) in [6, 6.07) is 5.25. The maximum absolute atomic E-state index is 11.9. The quantitative estimate of drug-likeness (QED) is 0.613. The van der Waals surface area contributed by atoms with E-state index in [1.54, 1.807) is 19.1 Å². The molecule has 0 spiro atoms. The van der Waals surface area contributed by atoms with Gasteiger partial charge in [-0.2, -0.15) is 4.79 Å². The number of nitrogens with zero attached hydrogens (tertiary/aromatic N) is 5. The molecule has 0 saturated heterocycles. The molecule has 1 N–H and O–H groups in total. The second kappa shape index (κ2) is 4.68. The first-order valence-electron chi connectivity index (χ1n) is 5.22. The number of hydrogen-bond donors (Lipinski definition) is 1. The molecule has 7 heteroatoms. The van der Waals surface area contributed by atoms with Crippen molar-refractivity contribution in [2.24, 2.45) is 10.2 Å². The molecule has 2 heterocycles. The van der Waals surface area contributed by atoms with E-state index in [1.807, 2.05) is 13.0 Å². The smallest absolute Gasteiger partial charge is 0.361 e. The molecule has 0 aliphatic carbocycles. The molecule has 90 valence electrons. The molecule has 1 amide bonds. The van der Waals surface area contributed by atoms with E-state index in [1.165, 1.54) is 0 Å². The van der Waals surface area contributed by atoms with Gasteiger partial charge in [-0.15, -0.1) is 10.2 Å². The molecule has 0 saturated carbocycles. The van der Waals surface area contributed by atoms with Crippen molar-refractivity contribution >= 4 is 28.9 Å². The Balaban J connectivity index is 2.18. The molecule has 0 radical (unpaired) electrons. The number of rotatable bonds is 2. The van der Waals surface area contributed by atoms with Crippen molar-refractivity contribution in [1.29, 1.82) is 0 Å². The lowest BCUT2D eigenvalue weighted by atomic mass is 10.1. The van der Waals surface area contributed by atoms with Crippen LogP contribution in [0.2, 0.25) is 0 Å². The van der Waals surface area contributed by atoms with Gasteiger partial charge in [-0.1, -0.05) is 6.07 Å². The summed E-state index contributed by atoms with van der Waals surface area (Å²) in [7, 11) is 0. The SMILES string of the molecule is CC1=NN=C(C(=O)Nc2cccc(C)n2)C1=[N+]=[N-]. The Morgan fingerprint density at radius 3 is 2.78 bits per heavy atom. The van der Waals surface area contributed by atoms with Crippen molar-refractivity contribution in [3.05, 3.63) is 29.4 Å². The Morgan fingerprint density at radius 1 is 1.33 bits per heavy atom. The van der Waals surface area contributed by atoms with Gasteiger partial charge in [0.25, 0.3) is 5.91 Å². The van der Waals surface area contributed by atoms with Gasteiger partial charge in [0.05, 0.1) is 0 Å². The Labute approximate surface area is 103 Å². The summed E-state index contributed by atoms with van der Waals surface area (Å²) < 4.78 is 0. The van der Waals surface area contributed by atoms with E-state index in [2.05, 4.69) is 25.3 Å². The van der Waals surface area contributed by atoms with E-state index in [0.29, 0.717) is 11.5 Å². The number of hydrogen-bond acceptors (Lipinski definition) is 4. The van der Waals surface area contributed by atoms with Gasteiger partial charge in [-0.25, -0.2) is 4.98 Å². The molecule has 0 fully saturated rings. The fraction of sp³-hybridized carbons (Fsp3) is 0.182. The summed E-state index contributed by atoms with van der Waals surface area (Å²) in [5.41, 5.74) is 10.0.